The van der Waals surface area contributed by atoms with Gasteiger partial charge in [0, 0.05) is 13.2 Å². The Bertz CT molecular complexity index is 315. The number of carboxylic acids is 1. The first-order valence-corrected chi connectivity index (χ1v) is 6.59. The van der Waals surface area contributed by atoms with Gasteiger partial charge in [-0.15, -0.1) is 0 Å². The summed E-state index contributed by atoms with van der Waals surface area (Å²) in [5, 5.41) is 11.7. The number of carbonyl (C=O) groups excluding carboxylic acids is 1. The first-order valence-electron chi connectivity index (χ1n) is 6.59. The molecule has 2 unspecified atom stereocenters. The molecule has 1 saturated heterocycles. The first-order chi connectivity index (χ1) is 8.79. The van der Waals surface area contributed by atoms with Crippen molar-refractivity contribution < 1.29 is 24.2 Å². The molecule has 0 spiro atoms. The van der Waals surface area contributed by atoms with Gasteiger partial charge in [-0.25, -0.2) is 9.59 Å². The normalized spacial score (nSPS) is 22.2. The molecule has 0 radical (unpaired) electrons. The Morgan fingerprint density at radius 1 is 1.32 bits per heavy atom. The third kappa shape index (κ3) is 5.92. The van der Waals surface area contributed by atoms with Gasteiger partial charge in [-0.3, -0.25) is 0 Å². The number of nitrogens with one attached hydrogen (secondary N) is 1. The molecule has 1 aliphatic rings. The van der Waals surface area contributed by atoms with Crippen LogP contribution in [0, 0.1) is 5.92 Å². The largest absolute Gasteiger partial charge is 0.480 e. The molecule has 6 nitrogen and oxygen atoms in total. The van der Waals surface area contributed by atoms with Gasteiger partial charge in [0.25, 0.3) is 0 Å². The van der Waals surface area contributed by atoms with Crippen LogP contribution in [0.5, 0.6) is 0 Å². The smallest absolute Gasteiger partial charge is 0.408 e. The Balaban J connectivity index is 2.61. The van der Waals surface area contributed by atoms with E-state index in [1.807, 2.05) is 0 Å². The Morgan fingerprint density at radius 3 is 2.58 bits per heavy atom. The summed E-state index contributed by atoms with van der Waals surface area (Å²) in [7, 11) is 0. The Morgan fingerprint density at radius 2 is 2.00 bits per heavy atom. The molecule has 2 atom stereocenters. The van der Waals surface area contributed by atoms with E-state index in [1.54, 1.807) is 20.8 Å². The van der Waals surface area contributed by atoms with Crippen LogP contribution in [0.1, 0.15) is 40.0 Å². The van der Waals surface area contributed by atoms with Gasteiger partial charge in [0.15, 0.2) is 0 Å². The van der Waals surface area contributed by atoms with Crippen LogP contribution in [0.15, 0.2) is 0 Å². The first kappa shape index (κ1) is 15.8. The van der Waals surface area contributed by atoms with E-state index >= 15 is 0 Å². The van der Waals surface area contributed by atoms with Crippen LogP contribution in [0.25, 0.3) is 0 Å². The predicted octanol–water partition coefficient (Wildman–Crippen LogP) is 1.78. The number of hydrogen-bond donors (Lipinski definition) is 2. The van der Waals surface area contributed by atoms with Gasteiger partial charge < -0.3 is 19.9 Å². The quantitative estimate of drug-likeness (QED) is 0.818. The molecular formula is C13H23NO5. The van der Waals surface area contributed by atoms with Crippen LogP contribution >= 0.6 is 0 Å². The maximum atomic E-state index is 11.7. The Labute approximate surface area is 113 Å². The summed E-state index contributed by atoms with van der Waals surface area (Å²) >= 11 is 0. The van der Waals surface area contributed by atoms with Crippen LogP contribution in [0.4, 0.5) is 4.79 Å². The third-order valence-corrected chi connectivity index (χ3v) is 2.91. The summed E-state index contributed by atoms with van der Waals surface area (Å²) < 4.78 is 10.4. The molecule has 1 rings (SSSR count). The lowest BCUT2D eigenvalue weighted by molar-refractivity contribution is -0.141. The number of alkyl carbamates (subject to hydrolysis) is 1. The molecular weight excluding hydrogens is 250 g/mol. The highest BCUT2D eigenvalue weighted by Gasteiger charge is 2.31. The lowest BCUT2D eigenvalue weighted by atomic mass is 9.92. The van der Waals surface area contributed by atoms with Gasteiger partial charge in [0.1, 0.15) is 11.6 Å². The third-order valence-electron chi connectivity index (χ3n) is 2.91. The van der Waals surface area contributed by atoms with E-state index in [0.29, 0.717) is 19.6 Å². The van der Waals surface area contributed by atoms with Gasteiger partial charge >= 0.3 is 12.1 Å². The molecule has 0 aromatic heterocycles. The zero-order chi connectivity index (χ0) is 14.5. The van der Waals surface area contributed by atoms with Crippen molar-refractivity contribution >= 4 is 12.1 Å². The fraction of sp³-hybridized carbons (Fsp3) is 0.846. The fourth-order valence-corrected chi connectivity index (χ4v) is 2.08. The Hall–Kier alpha value is -1.30. The average molecular weight is 273 g/mol. The van der Waals surface area contributed by atoms with Gasteiger partial charge in [-0.05, 0) is 46.0 Å². The number of carboxylic acid groups (broad SMARTS) is 1. The van der Waals surface area contributed by atoms with Crippen molar-refractivity contribution in [1.29, 1.82) is 0 Å². The molecule has 0 saturated carbocycles. The molecule has 1 amide bonds. The molecule has 1 fully saturated rings. The van der Waals surface area contributed by atoms with E-state index in [1.165, 1.54) is 0 Å². The van der Waals surface area contributed by atoms with Crippen LogP contribution in [-0.2, 0) is 14.3 Å². The molecule has 19 heavy (non-hydrogen) atoms. The number of aliphatic carboxylic acids is 1. The zero-order valence-electron chi connectivity index (χ0n) is 11.8. The van der Waals surface area contributed by atoms with Crippen molar-refractivity contribution in [2.45, 2.75) is 51.7 Å². The maximum absolute atomic E-state index is 11.7. The summed E-state index contributed by atoms with van der Waals surface area (Å²) in [4.78, 5) is 23.0. The standard InChI is InChI=1S/C13H23NO5/c1-13(2,3)19-12(17)14-10(11(15)16)9-5-4-7-18-8-6-9/h9-10H,4-8H2,1-3H3,(H,14,17)(H,15,16). The van der Waals surface area contributed by atoms with Crippen molar-refractivity contribution in [3.8, 4) is 0 Å². The van der Waals surface area contributed by atoms with Gasteiger partial charge in [-0.1, -0.05) is 0 Å². The molecule has 2 N–H and O–H groups in total. The minimum atomic E-state index is -1.03. The van der Waals surface area contributed by atoms with E-state index < -0.39 is 23.7 Å². The fourth-order valence-electron chi connectivity index (χ4n) is 2.08. The lowest BCUT2D eigenvalue weighted by Crippen LogP contribution is -2.47. The van der Waals surface area contributed by atoms with E-state index in [0.717, 1.165) is 12.8 Å². The van der Waals surface area contributed by atoms with Crippen LogP contribution in [0.3, 0.4) is 0 Å². The van der Waals surface area contributed by atoms with E-state index in [-0.39, 0.29) is 5.92 Å². The highest BCUT2D eigenvalue weighted by molar-refractivity contribution is 5.80. The van der Waals surface area contributed by atoms with Crippen molar-refractivity contribution in [3.05, 3.63) is 0 Å². The van der Waals surface area contributed by atoms with Gasteiger partial charge in [0.2, 0.25) is 0 Å². The van der Waals surface area contributed by atoms with E-state index in [2.05, 4.69) is 5.32 Å². The number of ether oxygens (including phenoxy) is 2. The number of hydrogen-bond acceptors (Lipinski definition) is 4. The SMILES string of the molecule is CC(C)(C)OC(=O)NC(C(=O)O)C1CCCOCC1. The highest BCUT2D eigenvalue weighted by Crippen LogP contribution is 2.20. The average Bonchev–Trinajstić information content (AvgIpc) is 2.51. The summed E-state index contributed by atoms with van der Waals surface area (Å²) in [6, 6.07) is -0.920. The summed E-state index contributed by atoms with van der Waals surface area (Å²) in [6.07, 6.45) is 1.48. The molecule has 0 bridgehead atoms. The van der Waals surface area contributed by atoms with Crippen molar-refractivity contribution in [2.75, 3.05) is 13.2 Å². The van der Waals surface area contributed by atoms with Gasteiger partial charge in [-0.2, -0.15) is 0 Å². The second-order valence-corrected chi connectivity index (χ2v) is 5.77. The molecule has 0 aromatic rings. The molecule has 0 aliphatic carbocycles. The topological polar surface area (TPSA) is 84.9 Å². The zero-order valence-corrected chi connectivity index (χ0v) is 11.8. The highest BCUT2D eigenvalue weighted by atomic mass is 16.6. The van der Waals surface area contributed by atoms with Crippen LogP contribution in [0.2, 0.25) is 0 Å². The van der Waals surface area contributed by atoms with Crippen molar-refractivity contribution in [3.63, 3.8) is 0 Å². The Kier molecular flexibility index (Phi) is 5.60. The minimum Gasteiger partial charge on any atom is -0.480 e. The monoisotopic (exact) mass is 273 g/mol. The van der Waals surface area contributed by atoms with Crippen LogP contribution < -0.4 is 5.32 Å². The van der Waals surface area contributed by atoms with Gasteiger partial charge in [0.05, 0.1) is 0 Å². The number of rotatable bonds is 3. The second kappa shape index (κ2) is 6.75. The van der Waals surface area contributed by atoms with Crippen molar-refractivity contribution in [1.82, 2.24) is 5.32 Å². The summed E-state index contributed by atoms with van der Waals surface area (Å²) in [5.74, 6) is -1.15. The maximum Gasteiger partial charge on any atom is 0.408 e. The summed E-state index contributed by atoms with van der Waals surface area (Å²) in [5.41, 5.74) is -0.639. The van der Waals surface area contributed by atoms with Crippen molar-refractivity contribution in [2.24, 2.45) is 5.92 Å². The predicted molar refractivity (Wildman–Crippen MR) is 69.0 cm³/mol. The second-order valence-electron chi connectivity index (χ2n) is 5.77. The molecule has 110 valence electrons. The molecule has 1 heterocycles. The lowest BCUT2D eigenvalue weighted by Gasteiger charge is -2.25. The summed E-state index contributed by atoms with van der Waals surface area (Å²) in [6.45, 7) is 6.39. The molecule has 6 heteroatoms. The number of amides is 1. The van der Waals surface area contributed by atoms with Crippen LogP contribution in [-0.4, -0.2) is 42.0 Å². The minimum absolute atomic E-state index is 0.118. The number of carbonyl (C=O) groups is 2. The van der Waals surface area contributed by atoms with E-state index in [4.69, 9.17) is 9.47 Å². The molecule has 1 aliphatic heterocycles. The molecule has 0 aromatic carbocycles. The van der Waals surface area contributed by atoms with E-state index in [9.17, 15) is 14.7 Å².